The first-order chi connectivity index (χ1) is 10.7. The van der Waals surface area contributed by atoms with Crippen LogP contribution in [0.5, 0.6) is 0 Å². The second-order valence-electron chi connectivity index (χ2n) is 5.46. The molecule has 0 bridgehead atoms. The van der Waals surface area contributed by atoms with E-state index in [0.29, 0.717) is 12.0 Å². The summed E-state index contributed by atoms with van der Waals surface area (Å²) in [5.41, 5.74) is 2.68. The largest absolute Gasteiger partial charge is 0.389 e. The van der Waals surface area contributed by atoms with Gasteiger partial charge in [0, 0.05) is 6.42 Å². The third-order valence-corrected chi connectivity index (χ3v) is 3.68. The molecule has 0 saturated heterocycles. The molecule has 3 heteroatoms. The average molecular weight is 300 g/mol. The Morgan fingerprint density at radius 2 is 1.68 bits per heavy atom. The van der Waals surface area contributed by atoms with Crippen LogP contribution in [-0.4, -0.2) is 17.5 Å². The van der Waals surface area contributed by atoms with E-state index < -0.39 is 12.8 Å². The lowest BCUT2D eigenvalue weighted by Gasteiger charge is -2.09. The molecular formula is C19H21FO2. The molecule has 0 saturated carbocycles. The van der Waals surface area contributed by atoms with Crippen molar-refractivity contribution < 1.29 is 14.3 Å². The van der Waals surface area contributed by atoms with E-state index in [2.05, 4.69) is 12.1 Å². The van der Waals surface area contributed by atoms with E-state index in [-0.39, 0.29) is 12.2 Å². The molecule has 0 fully saturated rings. The van der Waals surface area contributed by atoms with Crippen LogP contribution in [0, 0.1) is 0 Å². The van der Waals surface area contributed by atoms with E-state index in [4.69, 9.17) is 5.11 Å². The van der Waals surface area contributed by atoms with E-state index in [1.54, 1.807) is 24.3 Å². The maximum Gasteiger partial charge on any atom is 0.162 e. The highest BCUT2D eigenvalue weighted by molar-refractivity contribution is 5.81. The van der Waals surface area contributed by atoms with Crippen molar-refractivity contribution >= 4 is 5.78 Å². The van der Waals surface area contributed by atoms with Gasteiger partial charge in [0.1, 0.15) is 12.8 Å². The lowest BCUT2D eigenvalue weighted by atomic mass is 10.00. The van der Waals surface area contributed by atoms with Gasteiger partial charge in [-0.25, -0.2) is 4.39 Å². The molecule has 0 aromatic heterocycles. The van der Waals surface area contributed by atoms with Gasteiger partial charge in [-0.15, -0.1) is 0 Å². The summed E-state index contributed by atoms with van der Waals surface area (Å²) in [4.78, 5) is 11.2. The van der Waals surface area contributed by atoms with Crippen LogP contribution in [0.1, 0.15) is 35.7 Å². The second-order valence-corrected chi connectivity index (χ2v) is 5.46. The number of hydrogen-bond acceptors (Lipinski definition) is 2. The smallest absolute Gasteiger partial charge is 0.162 e. The molecule has 2 aromatic carbocycles. The maximum absolute atomic E-state index is 14.2. The number of aryl methyl sites for hydroxylation is 1. The highest BCUT2D eigenvalue weighted by atomic mass is 19.1. The molecule has 2 aromatic rings. The number of rotatable bonds is 8. The van der Waals surface area contributed by atoms with Crippen molar-refractivity contribution in [1.82, 2.24) is 0 Å². The van der Waals surface area contributed by atoms with Gasteiger partial charge < -0.3 is 5.11 Å². The van der Waals surface area contributed by atoms with Crippen LogP contribution >= 0.6 is 0 Å². The van der Waals surface area contributed by atoms with Gasteiger partial charge >= 0.3 is 0 Å². The van der Waals surface area contributed by atoms with Crippen LogP contribution in [0.25, 0.3) is 0 Å². The molecule has 0 radical (unpaired) electrons. The third-order valence-electron chi connectivity index (χ3n) is 3.68. The van der Waals surface area contributed by atoms with Gasteiger partial charge in [-0.1, -0.05) is 54.6 Å². The lowest BCUT2D eigenvalue weighted by molar-refractivity contribution is -0.121. The molecule has 0 aliphatic heterocycles. The van der Waals surface area contributed by atoms with Gasteiger partial charge in [-0.3, -0.25) is 4.79 Å². The molecule has 0 spiro atoms. The minimum Gasteiger partial charge on any atom is -0.389 e. The SMILES string of the molecule is O=C(CO)Cc1ccc(C(F)CCCc2ccccc2)cc1. The Morgan fingerprint density at radius 1 is 1.00 bits per heavy atom. The summed E-state index contributed by atoms with van der Waals surface area (Å²) in [6.45, 7) is -0.451. The molecule has 1 unspecified atom stereocenters. The van der Waals surface area contributed by atoms with Crippen molar-refractivity contribution in [2.24, 2.45) is 0 Å². The summed E-state index contributed by atoms with van der Waals surface area (Å²) in [6.07, 6.45) is 1.39. The lowest BCUT2D eigenvalue weighted by Crippen LogP contribution is -2.07. The maximum atomic E-state index is 14.2. The Balaban J connectivity index is 1.82. The van der Waals surface area contributed by atoms with Crippen molar-refractivity contribution in [3.8, 4) is 0 Å². The summed E-state index contributed by atoms with van der Waals surface area (Å²) >= 11 is 0. The van der Waals surface area contributed by atoms with Crippen LogP contribution < -0.4 is 0 Å². The zero-order chi connectivity index (χ0) is 15.8. The zero-order valence-electron chi connectivity index (χ0n) is 12.5. The Bertz CT molecular complexity index is 578. The summed E-state index contributed by atoms with van der Waals surface area (Å²) in [7, 11) is 0. The number of ketones is 1. The Labute approximate surface area is 130 Å². The average Bonchev–Trinajstić information content (AvgIpc) is 2.56. The molecular weight excluding hydrogens is 279 g/mol. The molecule has 0 amide bonds. The van der Waals surface area contributed by atoms with Crippen molar-refractivity contribution in [3.05, 3.63) is 71.3 Å². The highest BCUT2D eigenvalue weighted by Crippen LogP contribution is 2.24. The number of hydrogen-bond donors (Lipinski definition) is 1. The number of halogens is 1. The van der Waals surface area contributed by atoms with Gasteiger partial charge in [0.2, 0.25) is 0 Å². The van der Waals surface area contributed by atoms with E-state index in [1.165, 1.54) is 5.56 Å². The van der Waals surface area contributed by atoms with Gasteiger partial charge in [0.15, 0.2) is 5.78 Å². The van der Waals surface area contributed by atoms with Crippen molar-refractivity contribution in [2.45, 2.75) is 31.9 Å². The number of aliphatic hydroxyl groups excluding tert-OH is 1. The first-order valence-corrected chi connectivity index (χ1v) is 7.58. The van der Waals surface area contributed by atoms with Gasteiger partial charge in [-0.05, 0) is 36.0 Å². The van der Waals surface area contributed by atoms with Crippen LogP contribution in [-0.2, 0) is 17.6 Å². The normalized spacial score (nSPS) is 12.1. The molecule has 116 valence electrons. The molecule has 0 heterocycles. The standard InChI is InChI=1S/C19H21FO2/c20-19(8-4-7-15-5-2-1-3-6-15)17-11-9-16(10-12-17)13-18(22)14-21/h1-3,5-6,9-12,19,21H,4,7-8,13-14H2. The Morgan fingerprint density at radius 3 is 2.32 bits per heavy atom. The number of carbonyl (C=O) groups is 1. The monoisotopic (exact) mass is 300 g/mol. The number of aliphatic hydroxyl groups is 1. The quantitative estimate of drug-likeness (QED) is 0.804. The Hall–Kier alpha value is -2.00. The second kappa shape index (κ2) is 8.44. The van der Waals surface area contributed by atoms with Crippen molar-refractivity contribution in [2.75, 3.05) is 6.61 Å². The predicted molar refractivity (Wildman–Crippen MR) is 85.5 cm³/mol. The van der Waals surface area contributed by atoms with Crippen LogP contribution in [0.15, 0.2) is 54.6 Å². The molecule has 1 N–H and O–H groups in total. The fourth-order valence-electron chi connectivity index (χ4n) is 2.42. The topological polar surface area (TPSA) is 37.3 Å². The summed E-state index contributed by atoms with van der Waals surface area (Å²) in [5, 5.41) is 8.72. The van der Waals surface area contributed by atoms with Crippen LogP contribution in [0.4, 0.5) is 4.39 Å². The molecule has 0 aliphatic carbocycles. The van der Waals surface area contributed by atoms with Gasteiger partial charge in [0.25, 0.3) is 0 Å². The van der Waals surface area contributed by atoms with Crippen molar-refractivity contribution in [3.63, 3.8) is 0 Å². The first kappa shape index (κ1) is 16.4. The molecule has 2 rings (SSSR count). The minimum absolute atomic E-state index is 0.196. The highest BCUT2D eigenvalue weighted by Gasteiger charge is 2.10. The fourth-order valence-corrected chi connectivity index (χ4v) is 2.42. The molecule has 1 atom stereocenters. The summed E-state index contributed by atoms with van der Waals surface area (Å²) in [6, 6.07) is 17.0. The first-order valence-electron chi connectivity index (χ1n) is 7.58. The predicted octanol–water partition coefficient (Wildman–Crippen LogP) is 3.82. The number of carbonyl (C=O) groups excluding carboxylic acids is 1. The number of Topliss-reactive ketones (excluding diaryl/α,β-unsaturated/α-hetero) is 1. The zero-order valence-corrected chi connectivity index (χ0v) is 12.5. The number of alkyl halides is 1. The van der Waals surface area contributed by atoms with Crippen LogP contribution in [0.2, 0.25) is 0 Å². The van der Waals surface area contributed by atoms with Gasteiger partial charge in [0.05, 0.1) is 0 Å². The van der Waals surface area contributed by atoms with Crippen LogP contribution in [0.3, 0.4) is 0 Å². The molecule has 22 heavy (non-hydrogen) atoms. The summed E-state index contributed by atoms with van der Waals surface area (Å²) in [5.74, 6) is -0.229. The van der Waals surface area contributed by atoms with E-state index in [1.807, 2.05) is 18.2 Å². The Kier molecular flexibility index (Phi) is 6.28. The van der Waals surface area contributed by atoms with Crippen molar-refractivity contribution in [1.29, 1.82) is 0 Å². The third kappa shape index (κ3) is 5.08. The van der Waals surface area contributed by atoms with E-state index in [0.717, 1.165) is 18.4 Å². The summed E-state index contributed by atoms with van der Waals surface area (Å²) < 4.78 is 14.2. The fraction of sp³-hybridized carbons (Fsp3) is 0.316. The number of benzene rings is 2. The van der Waals surface area contributed by atoms with E-state index in [9.17, 15) is 9.18 Å². The molecule has 0 aliphatic rings. The minimum atomic E-state index is -0.980. The molecule has 2 nitrogen and oxygen atoms in total. The van der Waals surface area contributed by atoms with E-state index >= 15 is 0 Å². The van der Waals surface area contributed by atoms with Gasteiger partial charge in [-0.2, -0.15) is 0 Å².